The fraction of sp³-hybridized carbons (Fsp3) is 0.143. The van der Waals surface area contributed by atoms with E-state index in [9.17, 15) is 0 Å². The van der Waals surface area contributed by atoms with Crippen molar-refractivity contribution in [1.29, 1.82) is 0 Å². The third kappa shape index (κ3) is 3.06. The molecule has 0 saturated heterocycles. The average molecular weight is 228 g/mol. The van der Waals surface area contributed by atoms with Crippen molar-refractivity contribution in [3.8, 4) is 11.5 Å². The number of rotatable bonds is 4. The summed E-state index contributed by atoms with van der Waals surface area (Å²) in [5, 5.41) is 0. The van der Waals surface area contributed by atoms with Gasteiger partial charge in [-0.15, -0.1) is 0 Å². The molecule has 0 aliphatic rings. The van der Waals surface area contributed by atoms with E-state index in [2.05, 4.69) is 0 Å². The molecule has 0 radical (unpaired) electrons. The first-order chi connectivity index (χ1) is 8.29. The Bertz CT molecular complexity index is 471. The lowest BCUT2D eigenvalue weighted by Gasteiger charge is -2.11. The van der Waals surface area contributed by atoms with Crippen molar-refractivity contribution < 1.29 is 4.74 Å². The highest BCUT2D eigenvalue weighted by atomic mass is 16.5. The largest absolute Gasteiger partial charge is 0.457 e. The summed E-state index contributed by atoms with van der Waals surface area (Å²) in [6, 6.07) is 17.2. The first kappa shape index (κ1) is 11.6. The van der Waals surface area contributed by atoms with Crippen LogP contribution >= 0.6 is 0 Å². The summed E-state index contributed by atoms with van der Waals surface area (Å²) in [6.07, 6.45) is 0. The van der Waals surface area contributed by atoms with E-state index in [-0.39, 0.29) is 6.04 Å². The van der Waals surface area contributed by atoms with Gasteiger partial charge < -0.3 is 16.2 Å². The van der Waals surface area contributed by atoms with Crippen LogP contribution in [0.1, 0.15) is 11.6 Å². The summed E-state index contributed by atoms with van der Waals surface area (Å²) < 4.78 is 5.72. The van der Waals surface area contributed by atoms with E-state index in [1.54, 1.807) is 0 Å². The van der Waals surface area contributed by atoms with Crippen LogP contribution in [0.15, 0.2) is 54.6 Å². The zero-order valence-corrected chi connectivity index (χ0v) is 9.54. The summed E-state index contributed by atoms with van der Waals surface area (Å²) in [6.45, 7) is 0.425. The predicted octanol–water partition coefficient (Wildman–Crippen LogP) is 2.44. The molecule has 0 fully saturated rings. The minimum atomic E-state index is -0.144. The summed E-state index contributed by atoms with van der Waals surface area (Å²) in [4.78, 5) is 0. The minimum absolute atomic E-state index is 0.144. The summed E-state index contributed by atoms with van der Waals surface area (Å²) in [5.74, 6) is 1.59. The molecule has 0 bridgehead atoms. The van der Waals surface area contributed by atoms with Crippen molar-refractivity contribution in [1.82, 2.24) is 0 Å². The van der Waals surface area contributed by atoms with Crippen molar-refractivity contribution in [2.24, 2.45) is 11.5 Å². The summed E-state index contributed by atoms with van der Waals surface area (Å²) in [5.41, 5.74) is 12.4. The van der Waals surface area contributed by atoms with Crippen molar-refractivity contribution in [3.63, 3.8) is 0 Å². The average Bonchev–Trinajstić information content (AvgIpc) is 2.39. The molecule has 0 spiro atoms. The van der Waals surface area contributed by atoms with Crippen molar-refractivity contribution >= 4 is 0 Å². The van der Waals surface area contributed by atoms with Gasteiger partial charge in [-0.05, 0) is 29.8 Å². The van der Waals surface area contributed by atoms with Crippen molar-refractivity contribution in [3.05, 3.63) is 60.2 Å². The van der Waals surface area contributed by atoms with Crippen LogP contribution in [0.25, 0.3) is 0 Å². The van der Waals surface area contributed by atoms with Crippen molar-refractivity contribution in [2.75, 3.05) is 6.54 Å². The second kappa shape index (κ2) is 5.48. The maximum atomic E-state index is 5.88. The highest BCUT2D eigenvalue weighted by Gasteiger charge is 2.04. The maximum Gasteiger partial charge on any atom is 0.127 e. The van der Waals surface area contributed by atoms with Gasteiger partial charge in [0.05, 0.1) is 0 Å². The Kier molecular flexibility index (Phi) is 3.75. The van der Waals surface area contributed by atoms with E-state index < -0.39 is 0 Å². The highest BCUT2D eigenvalue weighted by Crippen LogP contribution is 2.23. The molecule has 0 aromatic heterocycles. The fourth-order valence-corrected chi connectivity index (χ4v) is 1.57. The Morgan fingerprint density at radius 1 is 0.941 bits per heavy atom. The van der Waals surface area contributed by atoms with Gasteiger partial charge in [0.25, 0.3) is 0 Å². The molecule has 2 aromatic rings. The molecule has 3 heteroatoms. The lowest BCUT2D eigenvalue weighted by Crippen LogP contribution is -2.20. The van der Waals surface area contributed by atoms with Gasteiger partial charge in [0, 0.05) is 12.6 Å². The molecule has 0 saturated carbocycles. The van der Waals surface area contributed by atoms with Gasteiger partial charge >= 0.3 is 0 Å². The fourth-order valence-electron chi connectivity index (χ4n) is 1.57. The smallest absolute Gasteiger partial charge is 0.127 e. The Balaban J connectivity index is 2.17. The SMILES string of the molecule is NC[C@@H](N)c1cccc(Oc2ccccc2)c1. The normalized spacial score (nSPS) is 12.1. The Labute approximate surface area is 101 Å². The first-order valence-corrected chi connectivity index (χ1v) is 5.58. The third-order valence-corrected chi connectivity index (χ3v) is 2.52. The quantitative estimate of drug-likeness (QED) is 0.844. The number of nitrogens with two attached hydrogens (primary N) is 2. The van der Waals surface area contributed by atoms with E-state index in [1.165, 1.54) is 0 Å². The second-order valence-corrected chi connectivity index (χ2v) is 3.83. The molecule has 0 aliphatic carbocycles. The van der Waals surface area contributed by atoms with Crippen LogP contribution < -0.4 is 16.2 Å². The van der Waals surface area contributed by atoms with Crippen LogP contribution in [-0.4, -0.2) is 6.54 Å². The standard InChI is InChI=1S/C14H16N2O/c15-10-14(16)11-5-4-8-13(9-11)17-12-6-2-1-3-7-12/h1-9,14H,10,15-16H2/t14-/m1/s1. The number of hydrogen-bond acceptors (Lipinski definition) is 3. The van der Waals surface area contributed by atoms with E-state index in [1.807, 2.05) is 54.6 Å². The lowest BCUT2D eigenvalue weighted by molar-refractivity contribution is 0.481. The zero-order valence-electron chi connectivity index (χ0n) is 9.54. The number of para-hydroxylation sites is 1. The van der Waals surface area contributed by atoms with Gasteiger partial charge in [-0.2, -0.15) is 0 Å². The van der Waals surface area contributed by atoms with Gasteiger partial charge in [0.2, 0.25) is 0 Å². The molecule has 0 aliphatic heterocycles. The summed E-state index contributed by atoms with van der Waals surface area (Å²) in [7, 11) is 0. The van der Waals surface area contributed by atoms with E-state index >= 15 is 0 Å². The van der Waals surface area contributed by atoms with E-state index in [0.717, 1.165) is 17.1 Å². The zero-order chi connectivity index (χ0) is 12.1. The molecule has 2 aromatic carbocycles. The summed E-state index contributed by atoms with van der Waals surface area (Å²) >= 11 is 0. The van der Waals surface area contributed by atoms with E-state index in [4.69, 9.17) is 16.2 Å². The van der Waals surface area contributed by atoms with Crippen LogP contribution in [0.4, 0.5) is 0 Å². The molecule has 4 N–H and O–H groups in total. The third-order valence-electron chi connectivity index (χ3n) is 2.52. The topological polar surface area (TPSA) is 61.3 Å². The maximum absolute atomic E-state index is 5.88. The molecule has 2 rings (SSSR count). The van der Waals surface area contributed by atoms with Crippen LogP contribution in [0.5, 0.6) is 11.5 Å². The number of hydrogen-bond donors (Lipinski definition) is 2. The molecule has 17 heavy (non-hydrogen) atoms. The lowest BCUT2D eigenvalue weighted by atomic mass is 10.1. The predicted molar refractivity (Wildman–Crippen MR) is 68.9 cm³/mol. The number of benzene rings is 2. The monoisotopic (exact) mass is 228 g/mol. The molecular weight excluding hydrogens is 212 g/mol. The Hall–Kier alpha value is -1.84. The molecular formula is C14H16N2O. The minimum Gasteiger partial charge on any atom is -0.457 e. The van der Waals surface area contributed by atoms with Gasteiger partial charge in [0.15, 0.2) is 0 Å². The Morgan fingerprint density at radius 3 is 2.35 bits per heavy atom. The van der Waals surface area contributed by atoms with Gasteiger partial charge in [-0.25, -0.2) is 0 Å². The van der Waals surface area contributed by atoms with Gasteiger partial charge in [-0.3, -0.25) is 0 Å². The molecule has 88 valence electrons. The molecule has 0 heterocycles. The van der Waals surface area contributed by atoms with Gasteiger partial charge in [0.1, 0.15) is 11.5 Å². The van der Waals surface area contributed by atoms with Crippen LogP contribution in [-0.2, 0) is 0 Å². The highest BCUT2D eigenvalue weighted by molar-refractivity contribution is 5.35. The van der Waals surface area contributed by atoms with Gasteiger partial charge in [-0.1, -0.05) is 30.3 Å². The first-order valence-electron chi connectivity index (χ1n) is 5.58. The van der Waals surface area contributed by atoms with Crippen molar-refractivity contribution in [2.45, 2.75) is 6.04 Å². The molecule has 3 nitrogen and oxygen atoms in total. The van der Waals surface area contributed by atoms with Crippen LogP contribution in [0.2, 0.25) is 0 Å². The number of ether oxygens (including phenoxy) is 1. The molecule has 0 amide bonds. The molecule has 0 unspecified atom stereocenters. The second-order valence-electron chi connectivity index (χ2n) is 3.83. The molecule has 1 atom stereocenters. The van der Waals surface area contributed by atoms with Crippen LogP contribution in [0.3, 0.4) is 0 Å². The van der Waals surface area contributed by atoms with Crippen LogP contribution in [0, 0.1) is 0 Å². The Morgan fingerprint density at radius 2 is 1.65 bits per heavy atom. The van der Waals surface area contributed by atoms with E-state index in [0.29, 0.717) is 6.54 Å².